The van der Waals surface area contributed by atoms with Crippen molar-refractivity contribution < 1.29 is 14.3 Å². The smallest absolute Gasteiger partial charge is 0.266 e. The van der Waals surface area contributed by atoms with Crippen LogP contribution in [0.2, 0.25) is 0 Å². The predicted octanol–water partition coefficient (Wildman–Crippen LogP) is 4.20. The number of aryl methyl sites for hydroxylation is 1. The number of hydrogen-bond acceptors (Lipinski definition) is 4. The fraction of sp³-hybridized carbons (Fsp3) is 0.238. The second-order valence-electron chi connectivity index (χ2n) is 5.48. The van der Waals surface area contributed by atoms with E-state index in [1.54, 1.807) is 25.3 Å². The normalized spacial score (nSPS) is 10.8. The molecule has 134 valence electrons. The molecule has 0 bridgehead atoms. The number of amides is 1. The monoisotopic (exact) mass is 350 g/mol. The van der Waals surface area contributed by atoms with Crippen LogP contribution >= 0.6 is 0 Å². The Balaban J connectivity index is 2.28. The molecule has 0 aliphatic rings. The Bertz CT molecular complexity index is 851. The van der Waals surface area contributed by atoms with Gasteiger partial charge >= 0.3 is 0 Å². The van der Waals surface area contributed by atoms with E-state index in [1.807, 2.05) is 44.2 Å². The van der Waals surface area contributed by atoms with E-state index >= 15 is 0 Å². The van der Waals surface area contributed by atoms with Crippen LogP contribution in [-0.4, -0.2) is 19.6 Å². The standard InChI is InChI=1S/C21H22N2O3/c1-4-16-8-6-7-9-18(16)23-21(24)17(14-22)12-15-10-11-19(25-3)20(13-15)26-5-2/h6-13H,4-5H2,1-3H3,(H,23,24)/b17-12+. The Hall–Kier alpha value is -3.26. The summed E-state index contributed by atoms with van der Waals surface area (Å²) in [4.78, 5) is 12.5. The van der Waals surface area contributed by atoms with Gasteiger partial charge < -0.3 is 14.8 Å². The average molecular weight is 350 g/mol. The summed E-state index contributed by atoms with van der Waals surface area (Å²) in [5, 5.41) is 12.2. The molecule has 0 aliphatic carbocycles. The molecule has 0 spiro atoms. The lowest BCUT2D eigenvalue weighted by Crippen LogP contribution is -2.14. The van der Waals surface area contributed by atoms with Gasteiger partial charge in [-0.15, -0.1) is 0 Å². The van der Waals surface area contributed by atoms with Crippen LogP contribution < -0.4 is 14.8 Å². The Labute approximate surface area is 153 Å². The summed E-state index contributed by atoms with van der Waals surface area (Å²) in [5.74, 6) is 0.726. The molecule has 0 aliphatic heterocycles. The van der Waals surface area contributed by atoms with Gasteiger partial charge in [0.25, 0.3) is 5.91 Å². The van der Waals surface area contributed by atoms with E-state index in [4.69, 9.17) is 9.47 Å². The number of anilines is 1. The highest BCUT2D eigenvalue weighted by Gasteiger charge is 2.12. The summed E-state index contributed by atoms with van der Waals surface area (Å²) >= 11 is 0. The average Bonchev–Trinajstić information content (AvgIpc) is 2.67. The van der Waals surface area contributed by atoms with Crippen LogP contribution in [-0.2, 0) is 11.2 Å². The number of nitrogens with zero attached hydrogens (tertiary/aromatic N) is 1. The number of carbonyl (C=O) groups is 1. The van der Waals surface area contributed by atoms with Crippen molar-refractivity contribution in [3.63, 3.8) is 0 Å². The fourth-order valence-corrected chi connectivity index (χ4v) is 2.51. The number of ether oxygens (including phenoxy) is 2. The van der Waals surface area contributed by atoms with Crippen molar-refractivity contribution in [2.75, 3.05) is 19.0 Å². The van der Waals surface area contributed by atoms with E-state index in [0.717, 1.165) is 12.0 Å². The first-order valence-corrected chi connectivity index (χ1v) is 8.44. The minimum absolute atomic E-state index is 0.0171. The van der Waals surface area contributed by atoms with E-state index in [1.165, 1.54) is 6.08 Å². The lowest BCUT2D eigenvalue weighted by Gasteiger charge is -2.11. The summed E-state index contributed by atoms with van der Waals surface area (Å²) < 4.78 is 10.8. The third-order valence-corrected chi connectivity index (χ3v) is 3.81. The predicted molar refractivity (Wildman–Crippen MR) is 102 cm³/mol. The molecule has 0 saturated carbocycles. The Morgan fingerprint density at radius 3 is 2.62 bits per heavy atom. The van der Waals surface area contributed by atoms with Gasteiger partial charge in [-0.05, 0) is 48.7 Å². The van der Waals surface area contributed by atoms with Crippen LogP contribution in [0, 0.1) is 11.3 Å². The maximum absolute atomic E-state index is 12.5. The van der Waals surface area contributed by atoms with E-state index in [-0.39, 0.29) is 5.57 Å². The van der Waals surface area contributed by atoms with Gasteiger partial charge in [0.15, 0.2) is 11.5 Å². The summed E-state index contributed by atoms with van der Waals surface area (Å²) in [6.45, 7) is 4.38. The SMILES string of the molecule is CCOc1cc(/C=C(\C#N)C(=O)Nc2ccccc2CC)ccc1OC. The molecule has 0 saturated heterocycles. The molecule has 26 heavy (non-hydrogen) atoms. The second-order valence-corrected chi connectivity index (χ2v) is 5.48. The minimum Gasteiger partial charge on any atom is -0.493 e. The quantitative estimate of drug-likeness (QED) is 0.600. The maximum Gasteiger partial charge on any atom is 0.266 e. The maximum atomic E-state index is 12.5. The molecule has 0 atom stereocenters. The molecule has 5 heteroatoms. The first-order valence-electron chi connectivity index (χ1n) is 8.44. The van der Waals surface area contributed by atoms with Crippen molar-refractivity contribution in [1.29, 1.82) is 5.26 Å². The number of nitriles is 1. The zero-order chi connectivity index (χ0) is 18.9. The van der Waals surface area contributed by atoms with E-state index in [9.17, 15) is 10.1 Å². The molecule has 0 heterocycles. The number of rotatable bonds is 7. The first-order chi connectivity index (χ1) is 12.6. The molecule has 1 N–H and O–H groups in total. The molecule has 2 aromatic carbocycles. The summed E-state index contributed by atoms with van der Waals surface area (Å²) in [6.07, 6.45) is 2.32. The van der Waals surface area contributed by atoms with Crippen LogP contribution in [0.3, 0.4) is 0 Å². The molecule has 0 aromatic heterocycles. The minimum atomic E-state index is -0.442. The molecule has 0 fully saturated rings. The zero-order valence-electron chi connectivity index (χ0n) is 15.2. The summed E-state index contributed by atoms with van der Waals surface area (Å²) in [7, 11) is 1.56. The van der Waals surface area contributed by atoms with Gasteiger partial charge in [0.2, 0.25) is 0 Å². The Morgan fingerprint density at radius 2 is 1.96 bits per heavy atom. The van der Waals surface area contributed by atoms with Gasteiger partial charge in [-0.1, -0.05) is 31.2 Å². The topological polar surface area (TPSA) is 71.3 Å². The molecule has 1 amide bonds. The lowest BCUT2D eigenvalue weighted by molar-refractivity contribution is -0.112. The Kier molecular flexibility index (Phi) is 6.81. The highest BCUT2D eigenvalue weighted by atomic mass is 16.5. The lowest BCUT2D eigenvalue weighted by atomic mass is 10.1. The number of benzene rings is 2. The number of hydrogen-bond donors (Lipinski definition) is 1. The molecule has 2 rings (SSSR count). The highest BCUT2D eigenvalue weighted by molar-refractivity contribution is 6.10. The molecule has 0 unspecified atom stereocenters. The highest BCUT2D eigenvalue weighted by Crippen LogP contribution is 2.29. The Morgan fingerprint density at radius 1 is 1.19 bits per heavy atom. The number of nitrogens with one attached hydrogen (secondary N) is 1. The van der Waals surface area contributed by atoms with Crippen molar-refractivity contribution in [2.24, 2.45) is 0 Å². The van der Waals surface area contributed by atoms with Crippen LogP contribution in [0.25, 0.3) is 6.08 Å². The van der Waals surface area contributed by atoms with Gasteiger partial charge in [0.1, 0.15) is 11.6 Å². The van der Waals surface area contributed by atoms with Crippen LogP contribution in [0.15, 0.2) is 48.0 Å². The van der Waals surface area contributed by atoms with Crippen molar-refractivity contribution in [3.8, 4) is 17.6 Å². The van der Waals surface area contributed by atoms with Crippen molar-refractivity contribution in [1.82, 2.24) is 0 Å². The zero-order valence-corrected chi connectivity index (χ0v) is 15.2. The van der Waals surface area contributed by atoms with Crippen LogP contribution in [0.4, 0.5) is 5.69 Å². The molecule has 0 radical (unpaired) electrons. The first kappa shape index (κ1) is 19.1. The fourth-order valence-electron chi connectivity index (χ4n) is 2.51. The second kappa shape index (κ2) is 9.28. The van der Waals surface area contributed by atoms with Gasteiger partial charge in [0, 0.05) is 5.69 Å². The largest absolute Gasteiger partial charge is 0.493 e. The van der Waals surface area contributed by atoms with Crippen molar-refractivity contribution >= 4 is 17.7 Å². The van der Waals surface area contributed by atoms with Crippen molar-refractivity contribution in [3.05, 3.63) is 59.2 Å². The summed E-state index contributed by atoms with van der Waals surface area (Å²) in [6, 6.07) is 14.8. The van der Waals surface area contributed by atoms with E-state index in [0.29, 0.717) is 29.4 Å². The number of para-hydroxylation sites is 1. The molecule has 2 aromatic rings. The van der Waals surface area contributed by atoms with Gasteiger partial charge in [0.05, 0.1) is 13.7 Å². The molecular formula is C21H22N2O3. The third kappa shape index (κ3) is 4.64. The summed E-state index contributed by atoms with van der Waals surface area (Å²) in [5.41, 5.74) is 2.43. The van der Waals surface area contributed by atoms with Gasteiger partial charge in [-0.3, -0.25) is 4.79 Å². The van der Waals surface area contributed by atoms with E-state index in [2.05, 4.69) is 5.32 Å². The molecule has 5 nitrogen and oxygen atoms in total. The number of carbonyl (C=O) groups excluding carboxylic acids is 1. The van der Waals surface area contributed by atoms with Gasteiger partial charge in [-0.2, -0.15) is 5.26 Å². The van der Waals surface area contributed by atoms with Crippen LogP contribution in [0.5, 0.6) is 11.5 Å². The third-order valence-electron chi connectivity index (χ3n) is 3.81. The van der Waals surface area contributed by atoms with Gasteiger partial charge in [-0.25, -0.2) is 0 Å². The van der Waals surface area contributed by atoms with Crippen molar-refractivity contribution in [2.45, 2.75) is 20.3 Å². The molecular weight excluding hydrogens is 328 g/mol. The van der Waals surface area contributed by atoms with E-state index < -0.39 is 5.91 Å². The number of methoxy groups -OCH3 is 1. The van der Waals surface area contributed by atoms with Crippen LogP contribution in [0.1, 0.15) is 25.0 Å².